The van der Waals surface area contributed by atoms with Crippen LogP contribution < -0.4 is 5.32 Å². The summed E-state index contributed by atoms with van der Waals surface area (Å²) in [4.78, 5) is 27.8. The van der Waals surface area contributed by atoms with Gasteiger partial charge >= 0.3 is 5.97 Å². The van der Waals surface area contributed by atoms with Crippen LogP contribution in [0.25, 0.3) is 17.3 Å². The van der Waals surface area contributed by atoms with E-state index in [2.05, 4.69) is 15.0 Å². The normalized spacial score (nSPS) is 13.8. The second-order valence-electron chi connectivity index (χ2n) is 8.45. The molecule has 4 rings (SSSR count). The Morgan fingerprint density at radius 2 is 1.95 bits per heavy atom. The van der Waals surface area contributed by atoms with E-state index in [0.717, 1.165) is 43.4 Å². The van der Waals surface area contributed by atoms with Gasteiger partial charge < -0.3 is 14.6 Å². The van der Waals surface area contributed by atoms with Gasteiger partial charge in [0, 0.05) is 40.3 Å². The van der Waals surface area contributed by atoms with Crippen molar-refractivity contribution in [3.8, 4) is 11.3 Å². The third kappa shape index (κ3) is 6.17. The number of benzene rings is 2. The number of hydrogen-bond acceptors (Lipinski definition) is 6. The topological polar surface area (TPSA) is 97.8 Å². The largest absolute Gasteiger partial charge is 0.490 e. The lowest BCUT2D eigenvalue weighted by atomic mass is 9.86. The molecule has 0 atom stereocenters. The molecule has 1 heterocycles. The summed E-state index contributed by atoms with van der Waals surface area (Å²) in [5.74, 6) is -5.27. The minimum atomic E-state index is -1.51. The molecule has 0 unspecified atom stereocenters. The summed E-state index contributed by atoms with van der Waals surface area (Å²) in [6.45, 7) is 0.743. The maximum atomic E-state index is 15.1. The minimum Gasteiger partial charge on any atom is -0.490 e. The maximum Gasteiger partial charge on any atom is 0.371 e. The molecule has 194 valence electrons. The molecule has 2 N–H and O–H groups in total. The number of methoxy groups -OCH3 is 1. The molecular formula is C26H23F3N2O5S. The highest BCUT2D eigenvalue weighted by Gasteiger charge is 2.20. The third-order valence-corrected chi connectivity index (χ3v) is 6.72. The van der Waals surface area contributed by atoms with Gasteiger partial charge in [-0.1, -0.05) is 18.6 Å². The number of ether oxygens (including phenoxy) is 2. The molecule has 1 amide bonds. The lowest BCUT2D eigenvalue weighted by Crippen LogP contribution is -2.17. The molecule has 3 aromatic rings. The van der Waals surface area contributed by atoms with E-state index in [-0.39, 0.29) is 28.6 Å². The zero-order chi connectivity index (χ0) is 26.5. The average Bonchev–Trinajstić information content (AvgIpc) is 3.29. The zero-order valence-corrected chi connectivity index (χ0v) is 20.5. The summed E-state index contributed by atoms with van der Waals surface area (Å²) in [5.41, 5.74) is -0.0938. The number of aliphatic carboxylic acids is 1. The summed E-state index contributed by atoms with van der Waals surface area (Å²) >= 11 is 1.02. The van der Waals surface area contributed by atoms with Crippen LogP contribution in [0.4, 0.5) is 18.3 Å². The number of carboxylic acid groups (broad SMARTS) is 1. The smallest absolute Gasteiger partial charge is 0.371 e. The first kappa shape index (κ1) is 26.4. The first-order chi connectivity index (χ1) is 17.8. The number of nitrogens with zero attached hydrogens (tertiary/aromatic N) is 1. The monoisotopic (exact) mass is 532 g/mol. The Kier molecular flexibility index (Phi) is 8.24. The number of carbonyl (C=O) groups excluding carboxylic acids is 1. The number of anilines is 1. The van der Waals surface area contributed by atoms with Gasteiger partial charge in [0.15, 0.2) is 5.13 Å². The SMILES string of the molecule is COC(=Cc1c(F)cc(C(=O)Nc2nc(-c3cccc(COCC4CCC4)c3F)cs2)cc1F)C(=O)O. The van der Waals surface area contributed by atoms with Gasteiger partial charge in [-0.2, -0.15) is 0 Å². The van der Waals surface area contributed by atoms with Crippen molar-refractivity contribution in [3.63, 3.8) is 0 Å². The van der Waals surface area contributed by atoms with E-state index >= 15 is 4.39 Å². The zero-order valence-electron chi connectivity index (χ0n) is 19.7. The van der Waals surface area contributed by atoms with Crippen molar-refractivity contribution in [2.45, 2.75) is 25.9 Å². The third-order valence-electron chi connectivity index (χ3n) is 5.96. The Labute approximate surface area is 214 Å². The van der Waals surface area contributed by atoms with Crippen LogP contribution in [0.1, 0.15) is 40.7 Å². The number of hydrogen-bond donors (Lipinski definition) is 2. The van der Waals surface area contributed by atoms with Crippen LogP contribution in [0, 0.1) is 23.4 Å². The van der Waals surface area contributed by atoms with E-state index in [4.69, 9.17) is 9.84 Å². The van der Waals surface area contributed by atoms with Crippen LogP contribution in [-0.4, -0.2) is 35.7 Å². The highest BCUT2D eigenvalue weighted by Crippen LogP contribution is 2.30. The van der Waals surface area contributed by atoms with Crippen molar-refractivity contribution in [2.75, 3.05) is 19.0 Å². The fourth-order valence-corrected chi connectivity index (χ4v) is 4.41. The van der Waals surface area contributed by atoms with Crippen LogP contribution in [0.2, 0.25) is 0 Å². The fraction of sp³-hybridized carbons (Fsp3) is 0.269. The van der Waals surface area contributed by atoms with Crippen molar-refractivity contribution in [3.05, 3.63) is 75.6 Å². The van der Waals surface area contributed by atoms with Crippen LogP contribution in [-0.2, 0) is 20.9 Å². The molecule has 2 aromatic carbocycles. The summed E-state index contributed by atoms with van der Waals surface area (Å²) in [5, 5.41) is 13.1. The lowest BCUT2D eigenvalue weighted by molar-refractivity contribution is -0.135. The van der Waals surface area contributed by atoms with E-state index in [1.165, 1.54) is 6.42 Å². The quantitative estimate of drug-likeness (QED) is 0.250. The molecule has 0 aliphatic heterocycles. The molecular weight excluding hydrogens is 509 g/mol. The van der Waals surface area contributed by atoms with Gasteiger partial charge in [-0.25, -0.2) is 22.9 Å². The molecule has 1 saturated carbocycles. The first-order valence-electron chi connectivity index (χ1n) is 11.4. The summed E-state index contributed by atoms with van der Waals surface area (Å²) in [6, 6.07) is 6.43. The van der Waals surface area contributed by atoms with Gasteiger partial charge in [-0.3, -0.25) is 10.1 Å². The van der Waals surface area contributed by atoms with Crippen LogP contribution in [0.15, 0.2) is 41.5 Å². The lowest BCUT2D eigenvalue weighted by Gasteiger charge is -2.24. The van der Waals surface area contributed by atoms with E-state index in [9.17, 15) is 18.4 Å². The van der Waals surface area contributed by atoms with Crippen LogP contribution in [0.3, 0.4) is 0 Å². The second-order valence-corrected chi connectivity index (χ2v) is 9.31. The van der Waals surface area contributed by atoms with Gasteiger partial charge in [0.25, 0.3) is 5.91 Å². The molecule has 7 nitrogen and oxygen atoms in total. The molecule has 0 bridgehead atoms. The van der Waals surface area contributed by atoms with Crippen molar-refractivity contribution in [1.29, 1.82) is 0 Å². The van der Waals surface area contributed by atoms with Crippen molar-refractivity contribution >= 4 is 34.4 Å². The number of aromatic nitrogens is 1. The van der Waals surface area contributed by atoms with Gasteiger partial charge in [-0.15, -0.1) is 11.3 Å². The average molecular weight is 533 g/mol. The van der Waals surface area contributed by atoms with Crippen molar-refractivity contribution in [2.24, 2.45) is 5.92 Å². The van der Waals surface area contributed by atoms with E-state index < -0.39 is 40.7 Å². The predicted octanol–water partition coefficient (Wildman–Crippen LogP) is 5.87. The van der Waals surface area contributed by atoms with Crippen LogP contribution >= 0.6 is 11.3 Å². The van der Waals surface area contributed by atoms with Gasteiger partial charge in [0.05, 0.1) is 19.4 Å². The highest BCUT2D eigenvalue weighted by molar-refractivity contribution is 7.14. The number of thiazole rings is 1. The Morgan fingerprint density at radius 1 is 1.22 bits per heavy atom. The molecule has 0 saturated heterocycles. The standard InChI is InChI=1S/C26H23F3N2O5S/c1-35-22(25(33)34)10-18-19(27)8-16(9-20(18)28)24(32)31-26-30-21(13-37-26)17-7-3-6-15(23(17)29)12-36-11-14-4-2-5-14/h3,6-10,13-14H,2,4-5,11-12H2,1H3,(H,33,34)(H,30,31,32). The van der Waals surface area contributed by atoms with Gasteiger partial charge in [0.2, 0.25) is 5.76 Å². The van der Waals surface area contributed by atoms with Crippen LogP contribution in [0.5, 0.6) is 0 Å². The summed E-state index contributed by atoms with van der Waals surface area (Å²) < 4.78 is 54.2. The maximum absolute atomic E-state index is 15.1. The Balaban J connectivity index is 1.46. The number of carbonyl (C=O) groups is 2. The molecule has 1 aliphatic rings. The predicted molar refractivity (Wildman–Crippen MR) is 131 cm³/mol. The molecule has 0 radical (unpaired) electrons. The number of amides is 1. The van der Waals surface area contributed by atoms with Crippen molar-refractivity contribution < 1.29 is 37.3 Å². The Hall–Kier alpha value is -3.70. The van der Waals surface area contributed by atoms with E-state index in [1.807, 2.05) is 0 Å². The fourth-order valence-electron chi connectivity index (χ4n) is 3.70. The summed E-state index contributed by atoms with van der Waals surface area (Å²) in [6.07, 6.45) is 4.16. The molecule has 11 heteroatoms. The molecule has 1 aromatic heterocycles. The Bertz CT molecular complexity index is 1330. The Morgan fingerprint density at radius 3 is 2.57 bits per heavy atom. The highest BCUT2D eigenvalue weighted by atomic mass is 32.1. The number of carboxylic acids is 1. The second kappa shape index (κ2) is 11.6. The molecule has 1 fully saturated rings. The number of halogens is 3. The molecule has 0 spiro atoms. The van der Waals surface area contributed by atoms with Gasteiger partial charge in [-0.05, 0) is 37.0 Å². The van der Waals surface area contributed by atoms with E-state index in [1.54, 1.807) is 23.6 Å². The molecule has 37 heavy (non-hydrogen) atoms. The number of nitrogens with one attached hydrogen (secondary N) is 1. The summed E-state index contributed by atoms with van der Waals surface area (Å²) in [7, 11) is 1.05. The minimum absolute atomic E-state index is 0.100. The van der Waals surface area contributed by atoms with Crippen molar-refractivity contribution in [1.82, 2.24) is 4.98 Å². The molecule has 1 aliphatic carbocycles. The van der Waals surface area contributed by atoms with E-state index in [0.29, 0.717) is 24.2 Å². The first-order valence-corrected chi connectivity index (χ1v) is 12.2. The number of rotatable bonds is 10. The van der Waals surface area contributed by atoms with Gasteiger partial charge in [0.1, 0.15) is 17.5 Å².